The van der Waals surface area contributed by atoms with Gasteiger partial charge in [0.1, 0.15) is 0 Å². The van der Waals surface area contributed by atoms with Crippen LogP contribution in [0.15, 0.2) is 0 Å². The Labute approximate surface area is 175 Å². The van der Waals surface area contributed by atoms with E-state index in [4.69, 9.17) is 0 Å². The zero-order valence-corrected chi connectivity index (χ0v) is 18.3. The van der Waals surface area contributed by atoms with Crippen molar-refractivity contribution in [3.63, 3.8) is 0 Å². The molecule has 3 amide bonds. The van der Waals surface area contributed by atoms with Crippen molar-refractivity contribution >= 4 is 17.7 Å². The lowest BCUT2D eigenvalue weighted by molar-refractivity contribution is -0.143. The number of piperidine rings is 3. The maximum atomic E-state index is 12.7. The second-order valence-electron chi connectivity index (χ2n) is 9.20. The summed E-state index contributed by atoms with van der Waals surface area (Å²) >= 11 is 0. The Hall–Kier alpha value is -1.63. The first kappa shape index (κ1) is 22.1. The molecule has 164 valence electrons. The zero-order chi connectivity index (χ0) is 20.8. The SMILES string of the molecule is CN1CCC(N(C)C(=O)CCC2CCCN(C(=O)CN3CCCCC3=O)C2)CC1. The molecule has 0 spiro atoms. The number of likely N-dealkylation sites (tertiary alicyclic amines) is 3. The fourth-order valence-electron chi connectivity index (χ4n) is 4.91. The molecule has 3 saturated heterocycles. The molecule has 0 saturated carbocycles. The maximum Gasteiger partial charge on any atom is 0.242 e. The summed E-state index contributed by atoms with van der Waals surface area (Å²) in [6.07, 6.45) is 8.11. The third kappa shape index (κ3) is 6.17. The van der Waals surface area contributed by atoms with E-state index in [1.54, 1.807) is 4.90 Å². The van der Waals surface area contributed by atoms with Gasteiger partial charge in [0, 0.05) is 45.6 Å². The van der Waals surface area contributed by atoms with E-state index in [1.807, 2.05) is 16.8 Å². The van der Waals surface area contributed by atoms with Gasteiger partial charge < -0.3 is 19.6 Å². The van der Waals surface area contributed by atoms with E-state index >= 15 is 0 Å². The van der Waals surface area contributed by atoms with E-state index < -0.39 is 0 Å². The number of hydrogen-bond acceptors (Lipinski definition) is 4. The molecule has 0 radical (unpaired) electrons. The summed E-state index contributed by atoms with van der Waals surface area (Å²) in [4.78, 5) is 45.2. The molecule has 1 atom stereocenters. The van der Waals surface area contributed by atoms with E-state index in [9.17, 15) is 14.4 Å². The average Bonchev–Trinajstić information content (AvgIpc) is 2.74. The molecule has 7 nitrogen and oxygen atoms in total. The quantitative estimate of drug-likeness (QED) is 0.672. The highest BCUT2D eigenvalue weighted by atomic mass is 16.2. The van der Waals surface area contributed by atoms with Gasteiger partial charge in [-0.25, -0.2) is 0 Å². The Balaban J connectivity index is 1.41. The second kappa shape index (κ2) is 10.4. The Kier molecular flexibility index (Phi) is 7.92. The average molecular weight is 407 g/mol. The monoisotopic (exact) mass is 406 g/mol. The number of rotatable bonds is 6. The molecule has 0 aromatic rings. The minimum atomic E-state index is 0.0692. The number of carbonyl (C=O) groups is 3. The Bertz CT molecular complexity index is 589. The number of hydrogen-bond donors (Lipinski definition) is 0. The van der Waals surface area contributed by atoms with Crippen molar-refractivity contribution < 1.29 is 14.4 Å². The molecular formula is C22H38N4O3. The van der Waals surface area contributed by atoms with E-state index in [2.05, 4.69) is 11.9 Å². The lowest BCUT2D eigenvalue weighted by Crippen LogP contribution is -2.48. The first-order valence-corrected chi connectivity index (χ1v) is 11.4. The molecule has 29 heavy (non-hydrogen) atoms. The zero-order valence-electron chi connectivity index (χ0n) is 18.3. The largest absolute Gasteiger partial charge is 0.343 e. The van der Waals surface area contributed by atoms with Gasteiger partial charge in [0.05, 0.1) is 6.54 Å². The Morgan fingerprint density at radius 3 is 2.52 bits per heavy atom. The number of nitrogens with zero attached hydrogens (tertiary/aromatic N) is 4. The molecule has 0 aliphatic carbocycles. The van der Waals surface area contributed by atoms with Crippen molar-refractivity contribution in [2.45, 2.75) is 63.8 Å². The highest BCUT2D eigenvalue weighted by molar-refractivity contribution is 5.85. The molecule has 0 aromatic carbocycles. The van der Waals surface area contributed by atoms with Gasteiger partial charge in [-0.2, -0.15) is 0 Å². The van der Waals surface area contributed by atoms with Crippen LogP contribution in [0.1, 0.15) is 57.8 Å². The van der Waals surface area contributed by atoms with E-state index in [0.29, 0.717) is 31.3 Å². The number of carbonyl (C=O) groups excluding carboxylic acids is 3. The van der Waals surface area contributed by atoms with Crippen LogP contribution in [0.4, 0.5) is 0 Å². The molecule has 3 heterocycles. The van der Waals surface area contributed by atoms with Crippen LogP contribution in [-0.4, -0.2) is 96.7 Å². The van der Waals surface area contributed by atoms with Gasteiger partial charge in [-0.3, -0.25) is 14.4 Å². The maximum absolute atomic E-state index is 12.7. The second-order valence-corrected chi connectivity index (χ2v) is 9.20. The van der Waals surface area contributed by atoms with Gasteiger partial charge in [0.15, 0.2) is 0 Å². The normalized spacial score (nSPS) is 24.6. The lowest BCUT2D eigenvalue weighted by atomic mass is 9.92. The third-order valence-electron chi connectivity index (χ3n) is 7.01. The van der Waals surface area contributed by atoms with Gasteiger partial charge >= 0.3 is 0 Å². The Morgan fingerprint density at radius 1 is 1.03 bits per heavy atom. The minimum absolute atomic E-state index is 0.0692. The van der Waals surface area contributed by atoms with Crippen molar-refractivity contribution in [2.75, 3.05) is 53.4 Å². The van der Waals surface area contributed by atoms with Crippen LogP contribution in [0.2, 0.25) is 0 Å². The highest BCUT2D eigenvalue weighted by Gasteiger charge is 2.29. The fourth-order valence-corrected chi connectivity index (χ4v) is 4.91. The van der Waals surface area contributed by atoms with Gasteiger partial charge in [-0.15, -0.1) is 0 Å². The van der Waals surface area contributed by atoms with Gasteiger partial charge in [0.25, 0.3) is 0 Å². The molecule has 0 bridgehead atoms. The predicted octanol–water partition coefficient (Wildman–Crippen LogP) is 1.57. The smallest absolute Gasteiger partial charge is 0.242 e. The fraction of sp³-hybridized carbons (Fsp3) is 0.864. The van der Waals surface area contributed by atoms with Crippen LogP contribution >= 0.6 is 0 Å². The summed E-state index contributed by atoms with van der Waals surface area (Å²) in [5, 5.41) is 0. The molecule has 1 unspecified atom stereocenters. The van der Waals surface area contributed by atoms with E-state index in [-0.39, 0.29) is 24.3 Å². The van der Waals surface area contributed by atoms with Crippen molar-refractivity contribution in [3.8, 4) is 0 Å². The van der Waals surface area contributed by atoms with Gasteiger partial charge in [0.2, 0.25) is 17.7 Å². The minimum Gasteiger partial charge on any atom is -0.343 e. The molecule has 3 aliphatic rings. The summed E-state index contributed by atoms with van der Waals surface area (Å²) in [6.45, 7) is 4.55. The first-order valence-electron chi connectivity index (χ1n) is 11.4. The topological polar surface area (TPSA) is 64.2 Å². The van der Waals surface area contributed by atoms with Crippen LogP contribution in [0.5, 0.6) is 0 Å². The molecule has 3 fully saturated rings. The predicted molar refractivity (Wildman–Crippen MR) is 112 cm³/mol. The van der Waals surface area contributed by atoms with Crippen LogP contribution in [0.3, 0.4) is 0 Å². The van der Waals surface area contributed by atoms with Gasteiger partial charge in [-0.05, 0) is 71.0 Å². The molecule has 3 aliphatic heterocycles. The van der Waals surface area contributed by atoms with E-state index in [0.717, 1.165) is 71.1 Å². The molecule has 0 N–H and O–H groups in total. The lowest BCUT2D eigenvalue weighted by Gasteiger charge is -2.36. The summed E-state index contributed by atoms with van der Waals surface area (Å²) in [6, 6.07) is 0.366. The molecule has 3 rings (SSSR count). The highest BCUT2D eigenvalue weighted by Crippen LogP contribution is 2.23. The molecule has 0 aromatic heterocycles. The van der Waals surface area contributed by atoms with Crippen LogP contribution in [0.25, 0.3) is 0 Å². The molecular weight excluding hydrogens is 368 g/mol. The summed E-state index contributed by atoms with van der Waals surface area (Å²) in [5.41, 5.74) is 0. The standard InChI is InChI=1S/C22H38N4O3/c1-23-14-10-19(11-15-23)24(2)20(27)9-8-18-6-5-13-25(16-18)22(29)17-26-12-4-3-7-21(26)28/h18-19H,3-17H2,1-2H3. The van der Waals surface area contributed by atoms with Crippen molar-refractivity contribution in [3.05, 3.63) is 0 Å². The van der Waals surface area contributed by atoms with Crippen molar-refractivity contribution in [1.29, 1.82) is 0 Å². The molecule has 7 heteroatoms. The Morgan fingerprint density at radius 2 is 1.79 bits per heavy atom. The number of amides is 3. The van der Waals surface area contributed by atoms with Crippen LogP contribution in [0, 0.1) is 5.92 Å². The summed E-state index contributed by atoms with van der Waals surface area (Å²) in [5.74, 6) is 0.807. The summed E-state index contributed by atoms with van der Waals surface area (Å²) in [7, 11) is 4.08. The first-order chi connectivity index (χ1) is 13.9. The van der Waals surface area contributed by atoms with Crippen molar-refractivity contribution in [2.24, 2.45) is 5.92 Å². The van der Waals surface area contributed by atoms with Crippen LogP contribution in [-0.2, 0) is 14.4 Å². The third-order valence-corrected chi connectivity index (χ3v) is 7.01. The van der Waals surface area contributed by atoms with Gasteiger partial charge in [-0.1, -0.05) is 0 Å². The summed E-state index contributed by atoms with van der Waals surface area (Å²) < 4.78 is 0. The van der Waals surface area contributed by atoms with E-state index in [1.165, 1.54) is 0 Å². The van der Waals surface area contributed by atoms with Crippen LogP contribution < -0.4 is 0 Å². The van der Waals surface area contributed by atoms with Crippen molar-refractivity contribution in [1.82, 2.24) is 19.6 Å².